The Morgan fingerprint density at radius 1 is 1.37 bits per heavy atom. The molecule has 1 aromatic heterocycles. The van der Waals surface area contributed by atoms with Gasteiger partial charge in [0.05, 0.1) is 11.9 Å². The van der Waals surface area contributed by atoms with Crippen LogP contribution in [0.2, 0.25) is 0 Å². The summed E-state index contributed by atoms with van der Waals surface area (Å²) in [7, 11) is 0. The fraction of sp³-hybridized carbons (Fsp3) is 0.143. The van der Waals surface area contributed by atoms with Gasteiger partial charge >= 0.3 is 0 Å². The molecular weight excluding hydrogens is 240 g/mol. The van der Waals surface area contributed by atoms with Crippen LogP contribution in [-0.4, -0.2) is 21.5 Å². The number of rotatable bonds is 4. The second kappa shape index (κ2) is 5.85. The van der Waals surface area contributed by atoms with Crippen molar-refractivity contribution in [3.05, 3.63) is 47.7 Å². The molecule has 1 heterocycles. The van der Waals surface area contributed by atoms with Crippen molar-refractivity contribution in [1.82, 2.24) is 9.78 Å². The van der Waals surface area contributed by atoms with Gasteiger partial charge in [-0.1, -0.05) is 24.3 Å². The van der Waals surface area contributed by atoms with Crippen molar-refractivity contribution in [1.29, 1.82) is 5.26 Å². The third kappa shape index (κ3) is 2.81. The minimum Gasteiger partial charge on any atom is -0.396 e. The summed E-state index contributed by atoms with van der Waals surface area (Å²) in [5.41, 5.74) is 8.02. The molecule has 2 aromatic rings. The average Bonchev–Trinajstić information content (AvgIpc) is 2.81. The number of aliphatic hydroxyl groups is 1. The predicted molar refractivity (Wildman–Crippen MR) is 73.4 cm³/mol. The highest BCUT2D eigenvalue weighted by molar-refractivity contribution is 5.55. The van der Waals surface area contributed by atoms with Crippen LogP contribution in [0, 0.1) is 11.3 Å². The second-order valence-electron chi connectivity index (χ2n) is 3.97. The topological polar surface area (TPSA) is 87.9 Å². The molecule has 3 N–H and O–H groups in total. The molecule has 0 bridgehead atoms. The lowest BCUT2D eigenvalue weighted by atomic mass is 10.2. The molecule has 0 amide bonds. The van der Waals surface area contributed by atoms with Gasteiger partial charge in [-0.05, 0) is 24.1 Å². The fourth-order valence-electron chi connectivity index (χ4n) is 1.67. The number of hydrogen-bond donors (Lipinski definition) is 2. The summed E-state index contributed by atoms with van der Waals surface area (Å²) >= 11 is 0. The normalized spacial score (nSPS) is 10.7. The first kappa shape index (κ1) is 12.9. The lowest BCUT2D eigenvalue weighted by Crippen LogP contribution is -2.02. The van der Waals surface area contributed by atoms with Crippen LogP contribution in [0.3, 0.4) is 0 Å². The first-order chi connectivity index (χ1) is 9.26. The second-order valence-corrected chi connectivity index (χ2v) is 3.97. The minimum atomic E-state index is 0.148. The molecule has 1 aromatic carbocycles. The fourth-order valence-corrected chi connectivity index (χ4v) is 1.67. The summed E-state index contributed by atoms with van der Waals surface area (Å²) < 4.78 is 1.53. The van der Waals surface area contributed by atoms with Crippen molar-refractivity contribution in [2.45, 2.75) is 6.42 Å². The minimum absolute atomic E-state index is 0.148. The van der Waals surface area contributed by atoms with E-state index in [9.17, 15) is 0 Å². The van der Waals surface area contributed by atoms with Crippen LogP contribution < -0.4 is 5.73 Å². The number of aromatic nitrogens is 2. The first-order valence-corrected chi connectivity index (χ1v) is 5.87. The number of nitriles is 1. The lowest BCUT2D eigenvalue weighted by molar-refractivity contribution is 0.303. The zero-order valence-electron chi connectivity index (χ0n) is 10.3. The number of nitrogens with two attached hydrogens (primary N) is 1. The maximum atomic E-state index is 8.83. The van der Waals surface area contributed by atoms with Gasteiger partial charge in [-0.15, -0.1) is 0 Å². The molecule has 0 aliphatic carbocycles. The van der Waals surface area contributed by atoms with Crippen molar-refractivity contribution in [3.63, 3.8) is 0 Å². The number of hydrogen-bond acceptors (Lipinski definition) is 4. The monoisotopic (exact) mass is 254 g/mol. The zero-order valence-corrected chi connectivity index (χ0v) is 10.3. The van der Waals surface area contributed by atoms with Crippen LogP contribution >= 0.6 is 0 Å². The maximum Gasteiger partial charge on any atom is 0.145 e. The van der Waals surface area contributed by atoms with E-state index in [1.807, 2.05) is 42.5 Å². The molecule has 0 spiro atoms. The van der Waals surface area contributed by atoms with Gasteiger partial charge in [0, 0.05) is 6.61 Å². The van der Waals surface area contributed by atoms with Gasteiger partial charge in [-0.3, -0.25) is 0 Å². The zero-order chi connectivity index (χ0) is 13.7. The average molecular weight is 254 g/mol. The third-order valence-electron chi connectivity index (χ3n) is 2.67. The quantitative estimate of drug-likeness (QED) is 0.869. The van der Waals surface area contributed by atoms with E-state index in [2.05, 4.69) is 5.10 Å². The van der Waals surface area contributed by atoms with Crippen molar-refractivity contribution in [3.8, 4) is 11.8 Å². The van der Waals surface area contributed by atoms with Crippen LogP contribution in [0.5, 0.6) is 0 Å². The molecule has 0 atom stereocenters. The molecule has 0 radical (unpaired) electrons. The summed E-state index contributed by atoms with van der Waals surface area (Å²) in [5, 5.41) is 21.6. The van der Waals surface area contributed by atoms with Crippen molar-refractivity contribution < 1.29 is 5.11 Å². The van der Waals surface area contributed by atoms with Crippen molar-refractivity contribution in [2.75, 3.05) is 12.3 Å². The molecule has 96 valence electrons. The van der Waals surface area contributed by atoms with E-state index in [0.29, 0.717) is 17.8 Å². The summed E-state index contributed by atoms with van der Waals surface area (Å²) in [5.74, 6) is 0.339. The Balaban J connectivity index is 2.23. The van der Waals surface area contributed by atoms with E-state index < -0.39 is 0 Å². The summed E-state index contributed by atoms with van der Waals surface area (Å²) in [4.78, 5) is 0. The van der Waals surface area contributed by atoms with Gasteiger partial charge in [-0.2, -0.15) is 10.4 Å². The molecule has 5 nitrogen and oxygen atoms in total. The van der Waals surface area contributed by atoms with Crippen LogP contribution in [0.4, 0.5) is 5.82 Å². The summed E-state index contributed by atoms with van der Waals surface area (Å²) in [6.07, 6.45) is 5.93. The van der Waals surface area contributed by atoms with Crippen LogP contribution in [0.25, 0.3) is 11.8 Å². The smallest absolute Gasteiger partial charge is 0.145 e. The highest BCUT2D eigenvalue weighted by Crippen LogP contribution is 2.17. The molecule has 0 aliphatic heterocycles. The Kier molecular flexibility index (Phi) is 3.96. The molecule has 19 heavy (non-hydrogen) atoms. The Bertz CT molecular complexity index is 620. The molecule has 5 heteroatoms. The van der Waals surface area contributed by atoms with Crippen LogP contribution in [0.1, 0.15) is 17.5 Å². The molecular formula is C14H14N4O. The Morgan fingerprint density at radius 2 is 2.11 bits per heavy atom. The van der Waals surface area contributed by atoms with E-state index in [4.69, 9.17) is 16.1 Å². The predicted octanol–water partition coefficient (Wildman–Crippen LogP) is 1.72. The van der Waals surface area contributed by atoms with Crippen molar-refractivity contribution >= 4 is 11.9 Å². The number of anilines is 1. The van der Waals surface area contributed by atoms with Gasteiger partial charge in [0.2, 0.25) is 0 Å². The number of nitrogens with zero attached hydrogens (tertiary/aromatic N) is 3. The highest BCUT2D eigenvalue weighted by atomic mass is 16.2. The van der Waals surface area contributed by atoms with E-state index in [1.165, 1.54) is 10.9 Å². The van der Waals surface area contributed by atoms with Crippen LogP contribution in [0.15, 0.2) is 36.5 Å². The largest absolute Gasteiger partial charge is 0.396 e. The van der Waals surface area contributed by atoms with Gasteiger partial charge in [0.1, 0.15) is 17.5 Å². The summed E-state index contributed by atoms with van der Waals surface area (Å²) in [6.45, 7) is 0.148. The first-order valence-electron chi connectivity index (χ1n) is 5.87. The molecule has 0 aliphatic rings. The molecule has 0 fully saturated rings. The van der Waals surface area contributed by atoms with E-state index in [1.54, 1.807) is 0 Å². The number of aliphatic hydroxyl groups excluding tert-OH is 1. The molecule has 2 rings (SSSR count). The van der Waals surface area contributed by atoms with Gasteiger partial charge in [0.25, 0.3) is 0 Å². The SMILES string of the molecule is N#Cc1cnn(-c2ccc(C=CCCO)cc2)c1N. The van der Waals surface area contributed by atoms with E-state index in [0.717, 1.165) is 11.3 Å². The van der Waals surface area contributed by atoms with E-state index >= 15 is 0 Å². The molecule has 0 saturated heterocycles. The molecule has 0 saturated carbocycles. The molecule has 0 unspecified atom stereocenters. The Morgan fingerprint density at radius 3 is 2.68 bits per heavy atom. The van der Waals surface area contributed by atoms with Crippen LogP contribution in [-0.2, 0) is 0 Å². The van der Waals surface area contributed by atoms with E-state index in [-0.39, 0.29) is 6.61 Å². The van der Waals surface area contributed by atoms with Gasteiger partial charge in [-0.25, -0.2) is 4.68 Å². The standard InChI is InChI=1S/C14H14N4O/c15-9-12-10-17-18(14(12)16)13-6-4-11(5-7-13)3-1-2-8-19/h1,3-7,10,19H,2,8,16H2. The number of nitrogen functional groups attached to an aromatic ring is 1. The number of benzene rings is 1. The Labute approximate surface area is 111 Å². The third-order valence-corrected chi connectivity index (χ3v) is 2.67. The maximum absolute atomic E-state index is 8.83. The summed E-state index contributed by atoms with van der Waals surface area (Å²) in [6, 6.07) is 9.60. The Hall–Kier alpha value is -2.58. The van der Waals surface area contributed by atoms with Crippen molar-refractivity contribution in [2.24, 2.45) is 0 Å². The van der Waals surface area contributed by atoms with Gasteiger partial charge < -0.3 is 10.8 Å². The van der Waals surface area contributed by atoms with Gasteiger partial charge in [0.15, 0.2) is 0 Å². The highest BCUT2D eigenvalue weighted by Gasteiger charge is 2.07. The lowest BCUT2D eigenvalue weighted by Gasteiger charge is -2.04.